The van der Waals surface area contributed by atoms with Gasteiger partial charge in [0, 0.05) is 34.6 Å². The maximum Gasteiger partial charge on any atom is 0.248 e. The molecule has 11 heteroatoms. The summed E-state index contributed by atoms with van der Waals surface area (Å²) >= 11 is 6.01. The van der Waals surface area contributed by atoms with Crippen LogP contribution in [0.25, 0.3) is 6.08 Å². The number of nitrogens with two attached hydrogens (primary N) is 2. The van der Waals surface area contributed by atoms with Crippen LogP contribution in [0.1, 0.15) is 15.9 Å². The van der Waals surface area contributed by atoms with E-state index in [-0.39, 0.29) is 6.54 Å². The molecule has 2 rings (SSSR count). The molecule has 0 spiro atoms. The molecule has 3 amide bonds. The summed E-state index contributed by atoms with van der Waals surface area (Å²) < 4.78 is 0. The highest BCUT2D eigenvalue weighted by Gasteiger charge is 2.08. The zero-order valence-corrected chi connectivity index (χ0v) is 17.0. The van der Waals surface area contributed by atoms with E-state index < -0.39 is 17.7 Å². The molecule has 0 aliphatic heterocycles. The molecule has 0 atom stereocenters. The number of anilines is 2. The molecule has 0 aliphatic rings. The predicted molar refractivity (Wildman–Crippen MR) is 122 cm³/mol. The summed E-state index contributed by atoms with van der Waals surface area (Å²) in [5.74, 6) is 4.36. The first kappa shape index (κ1) is 23.3. The lowest BCUT2D eigenvalue weighted by molar-refractivity contribution is -0.121. The number of hydrazine groups is 1. The third-order valence-corrected chi connectivity index (χ3v) is 4.05. The fourth-order valence-corrected chi connectivity index (χ4v) is 2.54. The summed E-state index contributed by atoms with van der Waals surface area (Å²) in [7, 11) is 0. The van der Waals surface area contributed by atoms with E-state index in [4.69, 9.17) is 23.2 Å². The molecule has 2 aromatic carbocycles. The van der Waals surface area contributed by atoms with Crippen LogP contribution >= 0.6 is 11.6 Å². The standard InChI is InChI=1S/C20H20ClN7O3/c1-24-26-12-28(23)17-8-5-15(21)10-14(17)4-9-18(29)25-11-19(30)27-16-6-2-13(3-7-16)20(22)31/h2-10,12H,1,11,23H2,(H2,22,31)(H,25,29)(H,27,30)/b9-4+,26-12-. The maximum absolute atomic E-state index is 12.1. The lowest BCUT2D eigenvalue weighted by Crippen LogP contribution is -2.31. The Hall–Kier alpha value is -4.02. The summed E-state index contributed by atoms with van der Waals surface area (Å²) in [6, 6.07) is 10.9. The molecule has 0 fully saturated rings. The highest BCUT2D eigenvalue weighted by molar-refractivity contribution is 6.30. The van der Waals surface area contributed by atoms with Crippen molar-refractivity contribution in [1.29, 1.82) is 0 Å². The van der Waals surface area contributed by atoms with Crippen molar-refractivity contribution in [1.82, 2.24) is 5.32 Å². The molecule has 0 radical (unpaired) electrons. The number of benzene rings is 2. The van der Waals surface area contributed by atoms with Gasteiger partial charge in [0.05, 0.1) is 12.2 Å². The van der Waals surface area contributed by atoms with E-state index in [1.165, 1.54) is 47.8 Å². The van der Waals surface area contributed by atoms with Gasteiger partial charge in [0.2, 0.25) is 17.7 Å². The molecule has 6 N–H and O–H groups in total. The Morgan fingerprint density at radius 3 is 2.52 bits per heavy atom. The van der Waals surface area contributed by atoms with Gasteiger partial charge in [-0.15, -0.1) is 5.10 Å². The van der Waals surface area contributed by atoms with Gasteiger partial charge in [-0.1, -0.05) is 11.6 Å². The quantitative estimate of drug-likeness (QED) is 0.153. The Labute approximate surface area is 183 Å². The van der Waals surface area contributed by atoms with E-state index in [1.54, 1.807) is 18.2 Å². The number of carbonyl (C=O) groups excluding carboxylic acids is 3. The molecular formula is C20H20ClN7O3. The zero-order chi connectivity index (χ0) is 22.8. The van der Waals surface area contributed by atoms with Gasteiger partial charge in [-0.2, -0.15) is 5.10 Å². The Balaban J connectivity index is 1.95. The topological polar surface area (TPSA) is 155 Å². The maximum atomic E-state index is 12.1. The van der Waals surface area contributed by atoms with Crippen LogP contribution in [0.3, 0.4) is 0 Å². The number of hydrogen-bond acceptors (Lipinski definition) is 6. The Morgan fingerprint density at radius 1 is 1.16 bits per heavy atom. The van der Waals surface area contributed by atoms with Crippen molar-refractivity contribution in [3.05, 3.63) is 64.7 Å². The molecule has 0 bridgehead atoms. The normalized spacial score (nSPS) is 10.8. The Kier molecular flexibility index (Phi) is 8.43. The second-order valence-corrected chi connectivity index (χ2v) is 6.46. The number of primary amides is 1. The first-order chi connectivity index (χ1) is 14.8. The fourth-order valence-electron chi connectivity index (χ4n) is 2.36. The number of halogens is 1. The van der Waals surface area contributed by atoms with Crippen LogP contribution in [0.2, 0.25) is 5.02 Å². The SMILES string of the molecule is C=N/N=C\N(N)c1ccc(Cl)cc1/C=C/C(=O)NCC(=O)Nc1ccc(C(N)=O)cc1. The molecule has 0 unspecified atom stereocenters. The molecule has 0 aliphatic carbocycles. The van der Waals surface area contributed by atoms with Crippen LogP contribution in [0, 0.1) is 0 Å². The number of carbonyl (C=O) groups is 3. The number of amides is 3. The average molecular weight is 442 g/mol. The minimum atomic E-state index is -0.567. The van der Waals surface area contributed by atoms with Gasteiger partial charge in [-0.25, -0.2) is 5.84 Å². The van der Waals surface area contributed by atoms with Crippen LogP contribution < -0.4 is 27.2 Å². The van der Waals surface area contributed by atoms with E-state index >= 15 is 0 Å². The highest BCUT2D eigenvalue weighted by Crippen LogP contribution is 2.23. The minimum absolute atomic E-state index is 0.260. The largest absolute Gasteiger partial charge is 0.366 e. The van der Waals surface area contributed by atoms with E-state index in [0.29, 0.717) is 27.5 Å². The molecule has 160 valence electrons. The summed E-state index contributed by atoms with van der Waals surface area (Å²) in [4.78, 5) is 35.1. The van der Waals surface area contributed by atoms with Gasteiger partial charge in [0.1, 0.15) is 6.34 Å². The fraction of sp³-hybridized carbons (Fsp3) is 0.0500. The number of rotatable bonds is 9. The highest BCUT2D eigenvalue weighted by atomic mass is 35.5. The van der Waals surface area contributed by atoms with Crippen molar-refractivity contribution in [3.8, 4) is 0 Å². The van der Waals surface area contributed by atoms with Crippen LogP contribution in [0.4, 0.5) is 11.4 Å². The van der Waals surface area contributed by atoms with Crippen molar-refractivity contribution in [3.63, 3.8) is 0 Å². The second-order valence-electron chi connectivity index (χ2n) is 6.02. The van der Waals surface area contributed by atoms with Gasteiger partial charge in [0.25, 0.3) is 0 Å². The molecule has 0 saturated carbocycles. The van der Waals surface area contributed by atoms with E-state index in [9.17, 15) is 14.4 Å². The van der Waals surface area contributed by atoms with Gasteiger partial charge in [0.15, 0.2) is 0 Å². The van der Waals surface area contributed by atoms with Gasteiger partial charge >= 0.3 is 0 Å². The molecule has 2 aromatic rings. The molecule has 0 aromatic heterocycles. The molecule has 0 saturated heterocycles. The summed E-state index contributed by atoms with van der Waals surface area (Å²) in [5.41, 5.74) is 6.99. The first-order valence-corrected chi connectivity index (χ1v) is 9.16. The van der Waals surface area contributed by atoms with Crippen LogP contribution in [-0.4, -0.2) is 37.3 Å². The first-order valence-electron chi connectivity index (χ1n) is 8.78. The second kappa shape index (κ2) is 11.2. The molecule has 31 heavy (non-hydrogen) atoms. The molecular weight excluding hydrogens is 422 g/mol. The van der Waals surface area contributed by atoms with Crippen LogP contribution in [0.15, 0.2) is 58.7 Å². The van der Waals surface area contributed by atoms with Crippen LogP contribution in [-0.2, 0) is 9.59 Å². The Morgan fingerprint density at radius 2 is 1.87 bits per heavy atom. The Bertz CT molecular complexity index is 1040. The molecule has 0 heterocycles. The monoisotopic (exact) mass is 441 g/mol. The number of hydrogen-bond donors (Lipinski definition) is 4. The van der Waals surface area contributed by atoms with Crippen molar-refractivity contribution in [2.75, 3.05) is 16.9 Å². The van der Waals surface area contributed by atoms with Crippen molar-refractivity contribution < 1.29 is 14.4 Å². The zero-order valence-electron chi connectivity index (χ0n) is 16.3. The predicted octanol–water partition coefficient (Wildman–Crippen LogP) is 1.53. The van der Waals surface area contributed by atoms with E-state index in [0.717, 1.165) is 0 Å². The number of nitrogens with zero attached hydrogens (tertiary/aromatic N) is 3. The van der Waals surface area contributed by atoms with Gasteiger partial charge in [-0.3, -0.25) is 19.4 Å². The third-order valence-electron chi connectivity index (χ3n) is 3.82. The smallest absolute Gasteiger partial charge is 0.248 e. The summed E-state index contributed by atoms with van der Waals surface area (Å²) in [5, 5.41) is 13.6. The summed E-state index contributed by atoms with van der Waals surface area (Å²) in [6.07, 6.45) is 3.97. The van der Waals surface area contributed by atoms with Gasteiger partial charge < -0.3 is 16.4 Å². The van der Waals surface area contributed by atoms with Crippen molar-refractivity contribution in [2.24, 2.45) is 21.8 Å². The van der Waals surface area contributed by atoms with E-state index in [2.05, 4.69) is 27.6 Å². The van der Waals surface area contributed by atoms with E-state index in [1.807, 2.05) is 0 Å². The van der Waals surface area contributed by atoms with Crippen molar-refractivity contribution in [2.45, 2.75) is 0 Å². The third kappa shape index (κ3) is 7.38. The lowest BCUT2D eigenvalue weighted by Gasteiger charge is -2.15. The average Bonchev–Trinajstić information content (AvgIpc) is 2.75. The van der Waals surface area contributed by atoms with Crippen LogP contribution in [0.5, 0.6) is 0 Å². The minimum Gasteiger partial charge on any atom is -0.366 e. The van der Waals surface area contributed by atoms with Crippen molar-refractivity contribution >= 4 is 59.8 Å². The lowest BCUT2D eigenvalue weighted by atomic mass is 10.1. The number of nitrogens with one attached hydrogen (secondary N) is 2. The van der Waals surface area contributed by atoms with Gasteiger partial charge in [-0.05, 0) is 48.5 Å². The molecule has 10 nitrogen and oxygen atoms in total. The summed E-state index contributed by atoms with van der Waals surface area (Å²) in [6.45, 7) is 2.96.